The topological polar surface area (TPSA) is 133 Å². The van der Waals surface area contributed by atoms with Gasteiger partial charge in [-0.3, -0.25) is 0 Å². The van der Waals surface area contributed by atoms with Gasteiger partial charge >= 0.3 is 0 Å². The Bertz CT molecular complexity index is 6760. The molecule has 0 bridgehead atoms. The molecule has 494 valence electrons. The molecule has 0 radical (unpaired) electrons. The van der Waals surface area contributed by atoms with Crippen LogP contribution in [0, 0.1) is 11.3 Å². The van der Waals surface area contributed by atoms with Gasteiger partial charge in [-0.1, -0.05) is 214 Å². The van der Waals surface area contributed by atoms with Crippen molar-refractivity contribution in [1.29, 1.82) is 5.26 Å². The number of fused-ring (bicyclic) bond motifs is 18. The summed E-state index contributed by atoms with van der Waals surface area (Å²) in [6, 6.07) is 106. The van der Waals surface area contributed by atoms with E-state index in [1.807, 2.05) is 109 Å². The van der Waals surface area contributed by atoms with Gasteiger partial charge in [0.15, 0.2) is 17.5 Å². The highest BCUT2D eigenvalue weighted by atomic mass is 32.2. The maximum Gasteiger partial charge on any atom is 0.260 e. The number of sulfone groups is 1. The maximum atomic E-state index is 16.4. The zero-order valence-corrected chi connectivity index (χ0v) is 57.5. The van der Waals surface area contributed by atoms with E-state index in [4.69, 9.17) is 24.4 Å². The number of hydrogen-bond donors (Lipinski definition) is 0. The van der Waals surface area contributed by atoms with Crippen molar-refractivity contribution in [3.8, 4) is 80.3 Å². The second-order valence-electron chi connectivity index (χ2n) is 27.7. The van der Waals surface area contributed by atoms with Gasteiger partial charge in [0.1, 0.15) is 23.0 Å². The van der Waals surface area contributed by atoms with Crippen molar-refractivity contribution in [1.82, 2.24) is 28.7 Å². The Labute approximate surface area is 603 Å². The monoisotopic (exact) mass is 1370 g/mol. The fourth-order valence-corrected chi connectivity index (χ4v) is 18.4. The Balaban J connectivity index is 0.903. The lowest BCUT2D eigenvalue weighted by Crippen LogP contribution is -2.57. The summed E-state index contributed by atoms with van der Waals surface area (Å²) in [5, 5.41) is 15.9. The molecule has 3 aliphatic rings. The molecular weight excluding hydrogens is 1310 g/mol. The molecule has 12 nitrogen and oxygen atoms in total. The minimum atomic E-state index is -4.43. The predicted molar refractivity (Wildman–Crippen MR) is 420 cm³/mol. The first-order chi connectivity index (χ1) is 51.6. The second kappa shape index (κ2) is 22.7. The summed E-state index contributed by atoms with van der Waals surface area (Å²) in [7, 11) is -4.43. The van der Waals surface area contributed by atoms with Crippen molar-refractivity contribution >= 4 is 115 Å². The van der Waals surface area contributed by atoms with Crippen LogP contribution in [0.2, 0.25) is 0 Å². The molecular formula is C91H57BN8O4S. The predicted octanol–water partition coefficient (Wildman–Crippen LogP) is 19.7. The zero-order chi connectivity index (χ0) is 70.0. The van der Waals surface area contributed by atoms with E-state index < -0.39 is 15.3 Å². The Morgan fingerprint density at radius 1 is 0.390 bits per heavy atom. The number of nitriles is 1. The van der Waals surface area contributed by atoms with Crippen LogP contribution in [-0.2, 0) is 15.3 Å². The lowest BCUT2D eigenvalue weighted by atomic mass is 9.35. The Hall–Kier alpha value is -13.6. The van der Waals surface area contributed by atoms with Crippen molar-refractivity contribution in [3.05, 3.63) is 326 Å². The molecule has 105 heavy (non-hydrogen) atoms. The average molecular weight is 1370 g/mol. The van der Waals surface area contributed by atoms with Gasteiger partial charge < -0.3 is 28.1 Å². The lowest BCUT2D eigenvalue weighted by molar-refractivity contribution is 0.464. The summed E-state index contributed by atoms with van der Waals surface area (Å²) in [6.45, 7) is 4.30. The fourth-order valence-electron chi connectivity index (χ4n) is 17.0. The standard InChI is InChI=1S/C91H57BN8O4S/c1-91(2)66-33-12-19-40-73(66)100(74-41-20-13-34-67(74)91)75-49-46-60(53-80(75)105(101,102)62-47-44-55(54-93)45-48-62)98-71-38-17-10-31-64(71)82-86(98)81-63-30-9-16-37-70(63)97(59-29-23-28-58(50-59)90-95-88(56-24-5-3-6-25-56)94-89(96-90)57-26-7-4-8-27-57)85(81)83-65-32-11-18-39-72(65)99(87(82)83)61-51-78-84-79(52-61)104-77-43-22-15-36-69(77)92(84)68-35-14-21-42-76(68)103-78/h3-53H,1-2H3. The second-order valence-corrected chi connectivity index (χ2v) is 29.6. The van der Waals surface area contributed by atoms with Crippen molar-refractivity contribution in [2.45, 2.75) is 29.1 Å². The van der Waals surface area contributed by atoms with Crippen LogP contribution >= 0.6 is 0 Å². The third-order valence-electron chi connectivity index (χ3n) is 21.6. The molecule has 0 aliphatic carbocycles. The first-order valence-corrected chi connectivity index (χ1v) is 36.6. The first kappa shape index (κ1) is 60.2. The Kier molecular flexibility index (Phi) is 13.0. The van der Waals surface area contributed by atoms with Gasteiger partial charge in [0, 0.05) is 83.4 Å². The highest BCUT2D eigenvalue weighted by molar-refractivity contribution is 7.91. The fraction of sp³-hybridized carbons (Fsp3) is 0.0330. The average Bonchev–Trinajstić information content (AvgIpc) is 1.51. The van der Waals surface area contributed by atoms with E-state index in [0.717, 1.165) is 144 Å². The minimum absolute atomic E-state index is 0.0556. The molecule has 18 aromatic rings. The van der Waals surface area contributed by atoms with Crippen molar-refractivity contribution in [2.24, 2.45) is 0 Å². The molecule has 0 N–H and O–H groups in total. The molecule has 0 fully saturated rings. The summed E-state index contributed by atoms with van der Waals surface area (Å²) in [4.78, 5) is 17.9. The third kappa shape index (κ3) is 8.86. The zero-order valence-electron chi connectivity index (χ0n) is 56.6. The van der Waals surface area contributed by atoms with Gasteiger partial charge in [-0.15, -0.1) is 0 Å². The Morgan fingerprint density at radius 2 is 0.819 bits per heavy atom. The van der Waals surface area contributed by atoms with E-state index in [0.29, 0.717) is 45.9 Å². The summed E-state index contributed by atoms with van der Waals surface area (Å²) in [5.74, 6) is 4.57. The number of benzene rings is 14. The molecule has 3 aliphatic heterocycles. The van der Waals surface area contributed by atoms with Crippen molar-refractivity contribution in [2.75, 3.05) is 4.90 Å². The number of ether oxygens (including phenoxy) is 2. The van der Waals surface area contributed by atoms with E-state index in [1.165, 1.54) is 0 Å². The molecule has 0 spiro atoms. The number of aromatic nitrogens is 6. The molecule has 0 amide bonds. The quantitative estimate of drug-likeness (QED) is 0.130. The van der Waals surface area contributed by atoms with Gasteiger partial charge in [0.25, 0.3) is 6.71 Å². The van der Waals surface area contributed by atoms with E-state index in [2.05, 4.69) is 214 Å². The third-order valence-corrected chi connectivity index (χ3v) is 23.4. The highest BCUT2D eigenvalue weighted by Crippen LogP contribution is 2.56. The van der Waals surface area contributed by atoms with Crippen LogP contribution in [-0.4, -0.2) is 43.8 Å². The number of rotatable bonds is 9. The summed E-state index contributed by atoms with van der Waals surface area (Å²) < 4.78 is 54.1. The van der Waals surface area contributed by atoms with E-state index >= 15 is 8.42 Å². The van der Waals surface area contributed by atoms with Gasteiger partial charge in [-0.2, -0.15) is 5.26 Å². The Morgan fingerprint density at radius 3 is 1.33 bits per heavy atom. The number of hydrogen-bond acceptors (Lipinski definition) is 9. The molecule has 14 aromatic carbocycles. The lowest BCUT2D eigenvalue weighted by Gasteiger charge is -2.42. The maximum absolute atomic E-state index is 16.4. The highest BCUT2D eigenvalue weighted by Gasteiger charge is 2.42. The van der Waals surface area contributed by atoms with Crippen LogP contribution < -0.4 is 30.8 Å². The van der Waals surface area contributed by atoms with Crippen molar-refractivity contribution < 1.29 is 17.9 Å². The van der Waals surface area contributed by atoms with Crippen LogP contribution in [0.15, 0.2) is 319 Å². The molecule has 4 aromatic heterocycles. The molecule has 21 rings (SSSR count). The van der Waals surface area contributed by atoms with Crippen LogP contribution in [0.5, 0.6) is 23.0 Å². The normalized spacial score (nSPS) is 13.3. The van der Waals surface area contributed by atoms with Crippen LogP contribution in [0.25, 0.3) is 117 Å². The smallest absolute Gasteiger partial charge is 0.260 e. The molecule has 0 saturated carbocycles. The first-order valence-electron chi connectivity index (χ1n) is 35.1. The van der Waals surface area contributed by atoms with E-state index in [1.54, 1.807) is 24.3 Å². The minimum Gasteiger partial charge on any atom is -0.458 e. The number of nitrogens with zero attached hydrogens (tertiary/aromatic N) is 8. The molecule has 7 heterocycles. The number of para-hydroxylation sites is 7. The van der Waals surface area contributed by atoms with Gasteiger partial charge in [-0.25, -0.2) is 23.4 Å². The van der Waals surface area contributed by atoms with E-state index in [-0.39, 0.29) is 16.5 Å². The molecule has 0 unspecified atom stereocenters. The van der Waals surface area contributed by atoms with Gasteiger partial charge in [-0.05, 0) is 119 Å². The van der Waals surface area contributed by atoms with Crippen LogP contribution in [0.1, 0.15) is 30.5 Å². The molecule has 0 atom stereocenters. The van der Waals surface area contributed by atoms with Gasteiger partial charge in [0.05, 0.1) is 77.3 Å². The number of anilines is 3. The van der Waals surface area contributed by atoms with Gasteiger partial charge in [0.2, 0.25) is 9.84 Å². The summed E-state index contributed by atoms with van der Waals surface area (Å²) in [6.07, 6.45) is 0. The van der Waals surface area contributed by atoms with Crippen LogP contribution in [0.4, 0.5) is 17.1 Å². The molecule has 14 heteroatoms. The summed E-state index contributed by atoms with van der Waals surface area (Å²) >= 11 is 0. The van der Waals surface area contributed by atoms with Crippen molar-refractivity contribution in [3.63, 3.8) is 0 Å². The van der Waals surface area contributed by atoms with E-state index in [9.17, 15) is 5.26 Å². The largest absolute Gasteiger partial charge is 0.458 e. The van der Waals surface area contributed by atoms with Crippen LogP contribution in [0.3, 0.4) is 0 Å². The summed E-state index contributed by atoms with van der Waals surface area (Å²) in [5.41, 5.74) is 17.6. The SMILES string of the molecule is CC1(C)c2ccccc2N(c2ccc(-n3c4ccccc4c4c5c(c6ccccc6n5-c5cc6c7c(c5)Oc5ccccc5B7c5ccccc5O6)c5c(c6ccccc6n5-c5cccc(-c6nc(-c7ccccc7)nc(-c7ccccc7)n6)c5)c43)cc2S(=O)(=O)c2ccc(C#N)cc2)c2ccccc21. The molecule has 0 saturated heterocycles.